The Morgan fingerprint density at radius 2 is 1.30 bits per heavy atom. The third-order valence-corrected chi connectivity index (χ3v) is 6.92. The quantitative estimate of drug-likeness (QED) is 0.120. The van der Waals surface area contributed by atoms with Crippen LogP contribution in [0.5, 0.6) is 0 Å². The van der Waals surface area contributed by atoms with E-state index < -0.39 is 24.8 Å². The van der Waals surface area contributed by atoms with Gasteiger partial charge in [0.25, 0.3) is 0 Å². The summed E-state index contributed by atoms with van der Waals surface area (Å²) in [5.74, 6) is -0.488. The van der Waals surface area contributed by atoms with Crippen molar-refractivity contribution in [3.63, 3.8) is 0 Å². The van der Waals surface area contributed by atoms with Crippen LogP contribution in [-0.4, -0.2) is 41.6 Å². The lowest BCUT2D eigenvalue weighted by Gasteiger charge is -2.18. The van der Waals surface area contributed by atoms with Gasteiger partial charge in [-0.05, 0) is 12.0 Å². The highest BCUT2D eigenvalue weighted by molar-refractivity contribution is 5.89. The molecule has 0 radical (unpaired) electrons. The zero-order valence-electron chi connectivity index (χ0n) is 23.0. The topological polar surface area (TPSA) is 85.2 Å². The van der Waals surface area contributed by atoms with E-state index in [9.17, 15) is 15.0 Å². The molecule has 2 N–H and O–H groups in total. The lowest BCUT2D eigenvalue weighted by Crippen LogP contribution is -2.32. The summed E-state index contributed by atoms with van der Waals surface area (Å²) in [4.78, 5) is 12.4. The first-order valence-corrected chi connectivity index (χ1v) is 14.7. The van der Waals surface area contributed by atoms with Crippen LogP contribution in [0.25, 0.3) is 0 Å². The average molecular weight is 519 g/mol. The minimum atomic E-state index is -1.26. The zero-order chi connectivity index (χ0) is 26.6. The lowest BCUT2D eigenvalue weighted by molar-refractivity contribution is -0.148. The van der Waals surface area contributed by atoms with Crippen LogP contribution >= 0.6 is 0 Å². The Bertz CT molecular complexity index is 747. The van der Waals surface area contributed by atoms with Crippen molar-refractivity contribution in [1.29, 1.82) is 0 Å². The van der Waals surface area contributed by atoms with Crippen LogP contribution in [0.3, 0.4) is 0 Å². The molecule has 0 fully saturated rings. The molecule has 2 atom stereocenters. The van der Waals surface area contributed by atoms with Gasteiger partial charge in [-0.3, -0.25) is 0 Å². The molecule has 37 heavy (non-hydrogen) atoms. The van der Waals surface area contributed by atoms with Gasteiger partial charge in [0.1, 0.15) is 12.7 Å². The number of unbranched alkanes of at least 4 members (excludes halogenated alkanes) is 15. The van der Waals surface area contributed by atoms with E-state index in [2.05, 4.69) is 6.92 Å². The number of aliphatic hydroxyl groups excluding tert-OH is 2. The molecule has 1 heterocycles. The van der Waals surface area contributed by atoms with Gasteiger partial charge in [-0.1, -0.05) is 134 Å². The first-order valence-electron chi connectivity index (χ1n) is 14.7. The molecule has 0 amide bonds. The van der Waals surface area contributed by atoms with Gasteiger partial charge in [-0.15, -0.1) is 0 Å². The summed E-state index contributed by atoms with van der Waals surface area (Å²) >= 11 is 0. The number of hydrogen-bond acceptors (Lipinski definition) is 6. The second-order valence-electron chi connectivity index (χ2n) is 10.2. The molecule has 0 unspecified atom stereocenters. The Morgan fingerprint density at radius 3 is 1.81 bits per heavy atom. The Kier molecular flexibility index (Phi) is 16.8. The molecule has 0 saturated heterocycles. The first kappa shape index (κ1) is 31.2. The standard InChI is InChI=1S/C31H50O6/c1-2-3-4-5-6-7-8-9-10-11-12-13-14-15-16-20-23-35-30-29(28(27(33)24-32)37-31(30)34)36-25-26-21-18-17-19-22-26/h17-19,21-22,27-28,32-33H,2-16,20,23-25H2,1H3/t27-,28-/m1/s1. The molecule has 1 aliphatic heterocycles. The molecular weight excluding hydrogens is 468 g/mol. The maximum Gasteiger partial charge on any atom is 0.378 e. The fourth-order valence-electron chi connectivity index (χ4n) is 4.64. The van der Waals surface area contributed by atoms with Crippen molar-refractivity contribution in [2.24, 2.45) is 0 Å². The molecule has 0 saturated carbocycles. The zero-order valence-corrected chi connectivity index (χ0v) is 23.0. The van der Waals surface area contributed by atoms with Gasteiger partial charge in [0.05, 0.1) is 13.2 Å². The predicted octanol–water partition coefficient (Wildman–Crippen LogP) is 6.97. The summed E-state index contributed by atoms with van der Waals surface area (Å²) in [5, 5.41) is 19.4. The number of hydrogen-bond donors (Lipinski definition) is 2. The number of aliphatic hydroxyl groups is 2. The van der Waals surface area contributed by atoms with E-state index in [0.29, 0.717) is 6.61 Å². The average Bonchev–Trinajstić information content (AvgIpc) is 3.24. The fourth-order valence-corrected chi connectivity index (χ4v) is 4.64. The Balaban J connectivity index is 1.56. The van der Waals surface area contributed by atoms with Gasteiger partial charge < -0.3 is 24.4 Å². The van der Waals surface area contributed by atoms with Crippen molar-refractivity contribution in [1.82, 2.24) is 0 Å². The third kappa shape index (κ3) is 12.8. The van der Waals surface area contributed by atoms with Crippen molar-refractivity contribution in [2.75, 3.05) is 13.2 Å². The number of ether oxygens (including phenoxy) is 3. The van der Waals surface area contributed by atoms with Gasteiger partial charge in [-0.25, -0.2) is 4.79 Å². The second-order valence-corrected chi connectivity index (χ2v) is 10.2. The number of carbonyl (C=O) groups is 1. The number of carbonyl (C=O) groups excluding carboxylic acids is 1. The van der Waals surface area contributed by atoms with Crippen LogP contribution in [0.4, 0.5) is 0 Å². The third-order valence-electron chi connectivity index (χ3n) is 6.92. The summed E-state index contributed by atoms with van der Waals surface area (Å²) in [5.41, 5.74) is 0.920. The second kappa shape index (κ2) is 20.0. The van der Waals surface area contributed by atoms with Crippen LogP contribution in [0.15, 0.2) is 41.9 Å². The van der Waals surface area contributed by atoms with Crippen LogP contribution in [0.2, 0.25) is 0 Å². The largest absolute Gasteiger partial charge is 0.485 e. The number of cyclic esters (lactones) is 1. The van der Waals surface area contributed by atoms with Crippen molar-refractivity contribution in [3.8, 4) is 0 Å². The van der Waals surface area contributed by atoms with Crippen molar-refractivity contribution >= 4 is 5.97 Å². The van der Waals surface area contributed by atoms with Gasteiger partial charge in [-0.2, -0.15) is 0 Å². The molecule has 2 rings (SSSR count). The Hall–Kier alpha value is -2.05. The molecule has 1 aromatic carbocycles. The Labute approximate surface area is 224 Å². The molecule has 0 spiro atoms. The van der Waals surface area contributed by atoms with Gasteiger partial charge in [0, 0.05) is 0 Å². The minimum absolute atomic E-state index is 0.00869. The molecule has 6 heteroatoms. The molecule has 0 aromatic heterocycles. The van der Waals surface area contributed by atoms with E-state index >= 15 is 0 Å². The van der Waals surface area contributed by atoms with Crippen LogP contribution in [0, 0.1) is 0 Å². The normalized spacial score (nSPS) is 16.2. The smallest absolute Gasteiger partial charge is 0.378 e. The lowest BCUT2D eigenvalue weighted by atomic mass is 10.0. The first-order chi connectivity index (χ1) is 18.2. The molecule has 0 aliphatic carbocycles. The highest BCUT2D eigenvalue weighted by Crippen LogP contribution is 2.28. The van der Waals surface area contributed by atoms with E-state index in [1.54, 1.807) is 0 Å². The van der Waals surface area contributed by atoms with Gasteiger partial charge >= 0.3 is 5.97 Å². The molecule has 1 aliphatic rings. The van der Waals surface area contributed by atoms with E-state index in [0.717, 1.165) is 24.8 Å². The summed E-state index contributed by atoms with van der Waals surface area (Å²) in [6, 6.07) is 9.53. The maximum absolute atomic E-state index is 12.4. The van der Waals surface area contributed by atoms with Crippen LogP contribution in [-0.2, 0) is 25.6 Å². The summed E-state index contributed by atoms with van der Waals surface area (Å²) in [6.45, 7) is 2.34. The van der Waals surface area contributed by atoms with Gasteiger partial charge in [0.2, 0.25) is 5.76 Å². The summed E-state index contributed by atoms with van der Waals surface area (Å²) < 4.78 is 16.8. The Morgan fingerprint density at radius 1 is 0.784 bits per heavy atom. The van der Waals surface area contributed by atoms with Crippen LogP contribution in [0.1, 0.15) is 115 Å². The monoisotopic (exact) mass is 518 g/mol. The minimum Gasteiger partial charge on any atom is -0.485 e. The van der Waals surface area contributed by atoms with Crippen molar-refractivity contribution in [3.05, 3.63) is 47.4 Å². The molecule has 210 valence electrons. The molecular formula is C31H50O6. The summed E-state index contributed by atoms with van der Waals surface area (Å²) in [7, 11) is 0. The number of benzene rings is 1. The fraction of sp³-hybridized carbons (Fsp3) is 0.710. The number of rotatable bonds is 23. The SMILES string of the molecule is CCCCCCCCCCCCCCCCCCOC1=C(OCc2ccccc2)[C@@H]([C@H](O)CO)OC1=O. The van der Waals surface area contributed by atoms with Gasteiger partial charge in [0.15, 0.2) is 11.9 Å². The molecule has 0 bridgehead atoms. The molecule has 6 nitrogen and oxygen atoms in total. The van der Waals surface area contributed by atoms with Crippen LogP contribution < -0.4 is 0 Å². The highest BCUT2D eigenvalue weighted by atomic mass is 16.6. The van der Waals surface area contributed by atoms with Crippen molar-refractivity contribution in [2.45, 2.75) is 128 Å². The highest BCUT2D eigenvalue weighted by Gasteiger charge is 2.41. The molecule has 1 aromatic rings. The number of esters is 1. The van der Waals surface area contributed by atoms with E-state index in [4.69, 9.17) is 14.2 Å². The maximum atomic E-state index is 12.4. The van der Waals surface area contributed by atoms with E-state index in [1.165, 1.54) is 83.5 Å². The van der Waals surface area contributed by atoms with Crippen molar-refractivity contribution < 1.29 is 29.2 Å². The summed E-state index contributed by atoms with van der Waals surface area (Å²) in [6.07, 6.45) is 18.4. The predicted molar refractivity (Wildman–Crippen MR) is 147 cm³/mol. The van der Waals surface area contributed by atoms with E-state index in [-0.39, 0.29) is 18.1 Å². The van der Waals surface area contributed by atoms with E-state index in [1.807, 2.05) is 30.3 Å².